The van der Waals surface area contributed by atoms with E-state index in [-0.39, 0.29) is 23.5 Å². The van der Waals surface area contributed by atoms with Crippen LogP contribution in [0, 0.1) is 5.92 Å². The lowest BCUT2D eigenvalue weighted by Crippen LogP contribution is -2.08. The molecule has 20 heavy (non-hydrogen) atoms. The Morgan fingerprint density at radius 3 is 2.90 bits per heavy atom. The molecule has 6 heteroatoms. The first-order valence-electron chi connectivity index (χ1n) is 6.66. The highest BCUT2D eigenvalue weighted by Crippen LogP contribution is 2.43. The van der Waals surface area contributed by atoms with E-state index in [1.54, 1.807) is 0 Å². The van der Waals surface area contributed by atoms with Crippen molar-refractivity contribution in [1.29, 1.82) is 0 Å². The van der Waals surface area contributed by atoms with Crippen molar-refractivity contribution in [2.45, 2.75) is 25.9 Å². The zero-order valence-corrected chi connectivity index (χ0v) is 11.1. The van der Waals surface area contributed by atoms with Gasteiger partial charge in [0.2, 0.25) is 5.82 Å². The molecular formula is C14H16N2O4. The maximum atomic E-state index is 9.79. The van der Waals surface area contributed by atoms with E-state index >= 15 is 0 Å². The summed E-state index contributed by atoms with van der Waals surface area (Å²) in [6.07, 6.45) is 2.05. The first-order valence-corrected chi connectivity index (χ1v) is 6.66. The van der Waals surface area contributed by atoms with Crippen LogP contribution in [0.1, 0.15) is 31.7 Å². The lowest BCUT2D eigenvalue weighted by molar-refractivity contribution is 0.0385. The molecule has 1 heterocycles. The second-order valence-corrected chi connectivity index (χ2v) is 4.87. The molecule has 1 aromatic carbocycles. The summed E-state index contributed by atoms with van der Waals surface area (Å²) in [5, 5.41) is 23.2. The van der Waals surface area contributed by atoms with Crippen LogP contribution in [0.25, 0.3) is 11.5 Å². The third-order valence-electron chi connectivity index (χ3n) is 3.30. The molecule has 106 valence electrons. The molecule has 1 aliphatic carbocycles. The minimum atomic E-state index is -0.156. The lowest BCUT2D eigenvalue weighted by Gasteiger charge is -2.11. The van der Waals surface area contributed by atoms with Gasteiger partial charge in [0.1, 0.15) is 17.6 Å². The van der Waals surface area contributed by atoms with Crippen LogP contribution in [-0.4, -0.2) is 27.0 Å². The fraction of sp³-hybridized carbons (Fsp3) is 0.429. The summed E-state index contributed by atoms with van der Waals surface area (Å²) in [6, 6.07) is 4.16. The van der Waals surface area contributed by atoms with E-state index < -0.39 is 0 Å². The van der Waals surface area contributed by atoms with Crippen molar-refractivity contribution in [1.82, 2.24) is 10.1 Å². The van der Waals surface area contributed by atoms with Gasteiger partial charge in [0.25, 0.3) is 5.89 Å². The van der Waals surface area contributed by atoms with Gasteiger partial charge in [-0.05, 0) is 43.9 Å². The summed E-state index contributed by atoms with van der Waals surface area (Å²) in [5.41, 5.74) is 0.315. The lowest BCUT2D eigenvalue weighted by atomic mass is 10.2. The summed E-state index contributed by atoms with van der Waals surface area (Å²) >= 11 is 0. The number of hydrogen-bond donors (Lipinski definition) is 2. The van der Waals surface area contributed by atoms with Crippen molar-refractivity contribution in [3.8, 4) is 23.0 Å². The van der Waals surface area contributed by atoms with Crippen molar-refractivity contribution in [3.05, 3.63) is 24.0 Å². The fourth-order valence-corrected chi connectivity index (χ4v) is 2.16. The van der Waals surface area contributed by atoms with E-state index in [9.17, 15) is 10.2 Å². The van der Waals surface area contributed by atoms with Gasteiger partial charge in [-0.2, -0.15) is 4.98 Å². The number of rotatable bonds is 5. The molecule has 2 aromatic rings. The number of aromatic hydroxyl groups is 2. The molecule has 0 radical (unpaired) electrons. The molecule has 0 aliphatic heterocycles. The zero-order valence-electron chi connectivity index (χ0n) is 11.1. The largest absolute Gasteiger partial charge is 0.508 e. The fourth-order valence-electron chi connectivity index (χ4n) is 2.16. The molecule has 1 saturated carbocycles. The molecule has 3 rings (SSSR count). The predicted molar refractivity (Wildman–Crippen MR) is 70.2 cm³/mol. The third kappa shape index (κ3) is 2.46. The predicted octanol–water partition coefficient (Wildman–Crippen LogP) is 2.64. The van der Waals surface area contributed by atoms with Crippen LogP contribution in [-0.2, 0) is 4.74 Å². The first kappa shape index (κ1) is 12.9. The van der Waals surface area contributed by atoms with Crippen LogP contribution in [0.2, 0.25) is 0 Å². The second kappa shape index (κ2) is 5.13. The Morgan fingerprint density at radius 2 is 2.20 bits per heavy atom. The van der Waals surface area contributed by atoms with Gasteiger partial charge in [-0.25, -0.2) is 0 Å². The van der Waals surface area contributed by atoms with Gasteiger partial charge in [-0.15, -0.1) is 0 Å². The molecule has 1 fully saturated rings. The number of hydrogen-bond acceptors (Lipinski definition) is 6. The van der Waals surface area contributed by atoms with Crippen LogP contribution < -0.4 is 0 Å². The highest BCUT2D eigenvalue weighted by molar-refractivity contribution is 5.64. The first-order chi connectivity index (χ1) is 9.69. The molecule has 0 bridgehead atoms. The van der Waals surface area contributed by atoms with Crippen molar-refractivity contribution >= 4 is 0 Å². The molecule has 1 aromatic heterocycles. The standard InChI is InChI=1S/C14H16N2O4/c1-2-19-12(8-3-4-8)13-15-14(20-16-13)10-7-9(17)5-6-11(10)18/h5-8,12,17-18H,2-4H2,1H3. The van der Waals surface area contributed by atoms with Crippen molar-refractivity contribution < 1.29 is 19.5 Å². The SMILES string of the molecule is CCOC(c1noc(-c2cc(O)ccc2O)n1)C1CC1. The van der Waals surface area contributed by atoms with Gasteiger partial charge in [-0.1, -0.05) is 5.16 Å². The van der Waals surface area contributed by atoms with Crippen molar-refractivity contribution in [2.24, 2.45) is 5.92 Å². The van der Waals surface area contributed by atoms with E-state index in [0.29, 0.717) is 23.9 Å². The van der Waals surface area contributed by atoms with Crippen LogP contribution >= 0.6 is 0 Å². The topological polar surface area (TPSA) is 88.6 Å². The number of aromatic nitrogens is 2. The van der Waals surface area contributed by atoms with E-state index in [1.807, 2.05) is 6.92 Å². The summed E-state index contributed by atoms with van der Waals surface area (Å²) in [5.74, 6) is 1.13. The third-order valence-corrected chi connectivity index (χ3v) is 3.30. The van der Waals surface area contributed by atoms with Gasteiger partial charge in [-0.3, -0.25) is 0 Å². The van der Waals surface area contributed by atoms with E-state index in [1.165, 1.54) is 18.2 Å². The number of ether oxygens (including phenoxy) is 1. The smallest absolute Gasteiger partial charge is 0.261 e. The Morgan fingerprint density at radius 1 is 1.40 bits per heavy atom. The average Bonchev–Trinajstić information content (AvgIpc) is 3.16. The Balaban J connectivity index is 1.90. The Kier molecular flexibility index (Phi) is 3.31. The normalized spacial score (nSPS) is 16.2. The number of phenolic OH excluding ortho intramolecular Hbond substituents is 2. The van der Waals surface area contributed by atoms with E-state index in [2.05, 4.69) is 10.1 Å². The number of phenols is 2. The summed E-state index contributed by atoms with van der Waals surface area (Å²) in [7, 11) is 0. The van der Waals surface area contributed by atoms with E-state index in [0.717, 1.165) is 12.8 Å². The van der Waals surface area contributed by atoms with Gasteiger partial charge in [0.05, 0.1) is 5.56 Å². The maximum Gasteiger partial charge on any atom is 0.261 e. The Hall–Kier alpha value is -2.08. The monoisotopic (exact) mass is 276 g/mol. The van der Waals surface area contributed by atoms with Crippen LogP contribution in [0.5, 0.6) is 11.5 Å². The van der Waals surface area contributed by atoms with Crippen LogP contribution in [0.4, 0.5) is 0 Å². The van der Waals surface area contributed by atoms with E-state index in [4.69, 9.17) is 9.26 Å². The minimum Gasteiger partial charge on any atom is -0.508 e. The molecule has 1 aliphatic rings. The molecule has 0 amide bonds. The molecule has 1 atom stereocenters. The highest BCUT2D eigenvalue weighted by atomic mass is 16.5. The Labute approximate surface area is 116 Å². The molecule has 0 spiro atoms. The summed E-state index contributed by atoms with van der Waals surface area (Å²) in [4.78, 5) is 4.29. The highest BCUT2D eigenvalue weighted by Gasteiger charge is 2.36. The molecule has 6 nitrogen and oxygen atoms in total. The molecule has 2 N–H and O–H groups in total. The van der Waals surface area contributed by atoms with Gasteiger partial charge in [0, 0.05) is 6.61 Å². The maximum absolute atomic E-state index is 9.79. The van der Waals surface area contributed by atoms with Gasteiger partial charge >= 0.3 is 0 Å². The molecular weight excluding hydrogens is 260 g/mol. The minimum absolute atomic E-state index is 0.0163. The van der Waals surface area contributed by atoms with Crippen molar-refractivity contribution in [2.75, 3.05) is 6.61 Å². The Bertz CT molecular complexity index is 607. The van der Waals surface area contributed by atoms with Gasteiger partial charge in [0.15, 0.2) is 0 Å². The second-order valence-electron chi connectivity index (χ2n) is 4.87. The number of nitrogens with zero attached hydrogens (tertiary/aromatic N) is 2. The van der Waals surface area contributed by atoms with Crippen molar-refractivity contribution in [3.63, 3.8) is 0 Å². The van der Waals surface area contributed by atoms with Crippen LogP contribution in [0.3, 0.4) is 0 Å². The summed E-state index contributed by atoms with van der Waals surface area (Å²) < 4.78 is 10.8. The molecule has 0 saturated heterocycles. The zero-order chi connectivity index (χ0) is 14.1. The van der Waals surface area contributed by atoms with Gasteiger partial charge < -0.3 is 19.5 Å². The average molecular weight is 276 g/mol. The summed E-state index contributed by atoms with van der Waals surface area (Å²) in [6.45, 7) is 2.51. The number of benzene rings is 1. The quantitative estimate of drug-likeness (QED) is 0.816. The van der Waals surface area contributed by atoms with Crippen LogP contribution in [0.15, 0.2) is 22.7 Å². The molecule has 1 unspecified atom stereocenters.